The number of hydrazine groups is 1. The molecule has 1 amide bonds. The van der Waals surface area contributed by atoms with Gasteiger partial charge in [0, 0.05) is 18.2 Å². The summed E-state index contributed by atoms with van der Waals surface area (Å²) in [6.45, 7) is 0.840. The zero-order valence-corrected chi connectivity index (χ0v) is 20.5. The number of hydrogen-bond acceptors (Lipinski definition) is 7. The number of carbonyl (C=O) groups excluding carboxylic acids is 1. The van der Waals surface area contributed by atoms with Gasteiger partial charge in [-0.2, -0.15) is 8.42 Å². The van der Waals surface area contributed by atoms with E-state index in [2.05, 4.69) is 5.43 Å². The molecule has 33 heavy (non-hydrogen) atoms. The molecule has 0 atom stereocenters. The molecule has 1 saturated heterocycles. The van der Waals surface area contributed by atoms with Crippen molar-refractivity contribution in [1.82, 2.24) is 15.4 Å². The van der Waals surface area contributed by atoms with Gasteiger partial charge in [-0.15, -0.1) is 4.00 Å². The first-order chi connectivity index (χ1) is 15.6. The number of nitrogens with zero attached hydrogens (tertiary/aromatic N) is 3. The molecule has 12 heteroatoms. The molecule has 2 aliphatic rings. The molecule has 4 rings (SSSR count). The first-order valence-electron chi connectivity index (χ1n) is 10.1. The fourth-order valence-electron chi connectivity index (χ4n) is 3.56. The molecule has 1 fully saturated rings. The van der Waals surface area contributed by atoms with Gasteiger partial charge in [0.25, 0.3) is 5.91 Å². The van der Waals surface area contributed by atoms with Gasteiger partial charge in [0.15, 0.2) is 35.3 Å². The van der Waals surface area contributed by atoms with E-state index in [0.29, 0.717) is 40.1 Å². The molecule has 0 spiro atoms. The van der Waals surface area contributed by atoms with Crippen LogP contribution in [0.3, 0.4) is 0 Å². The lowest BCUT2D eigenvalue weighted by molar-refractivity contribution is -0.782. The van der Waals surface area contributed by atoms with Gasteiger partial charge in [0.1, 0.15) is 4.99 Å². The number of hydrogen-bond donors (Lipinski definition) is 1. The maximum Gasteiger partial charge on any atom is 0.329 e. The average molecular weight is 508 g/mol. The number of fused-ring (bicyclic) bond motifs is 1. The zero-order chi connectivity index (χ0) is 23.8. The standard InChI is InChI=1S/C21H22N4O5S3/c1-23(20(31)16-8-9-17-18(12-16)30-14-29-17)22-19(26)13-33(27,28)25(10-11-25)24(2)21(32)15-6-4-3-5-7-15/h3-9,12H,10-11,13-14H2,1-2H3/p+1. The summed E-state index contributed by atoms with van der Waals surface area (Å²) in [5.74, 6) is -0.223. The van der Waals surface area contributed by atoms with Crippen LogP contribution in [0.2, 0.25) is 0 Å². The lowest BCUT2D eigenvalue weighted by atomic mass is 10.2. The van der Waals surface area contributed by atoms with Gasteiger partial charge in [-0.1, -0.05) is 54.8 Å². The number of benzene rings is 2. The van der Waals surface area contributed by atoms with Crippen molar-refractivity contribution < 1.29 is 26.7 Å². The van der Waals surface area contributed by atoms with E-state index < -0.39 is 21.7 Å². The van der Waals surface area contributed by atoms with Gasteiger partial charge in [-0.05, 0) is 18.2 Å². The highest BCUT2D eigenvalue weighted by Crippen LogP contribution is 2.33. The van der Waals surface area contributed by atoms with Gasteiger partial charge < -0.3 is 9.47 Å². The van der Waals surface area contributed by atoms with Crippen LogP contribution in [0.25, 0.3) is 0 Å². The van der Waals surface area contributed by atoms with E-state index in [1.165, 1.54) is 10.0 Å². The molecular weight excluding hydrogens is 484 g/mol. The normalized spacial score (nSPS) is 15.5. The summed E-state index contributed by atoms with van der Waals surface area (Å²) in [4.78, 5) is 13.3. The molecule has 2 aromatic rings. The van der Waals surface area contributed by atoms with E-state index in [4.69, 9.17) is 33.9 Å². The van der Waals surface area contributed by atoms with Crippen molar-refractivity contribution in [2.45, 2.75) is 0 Å². The molecule has 0 radical (unpaired) electrons. The monoisotopic (exact) mass is 507 g/mol. The first kappa shape index (κ1) is 23.4. The number of rotatable bonds is 6. The third-order valence-corrected chi connectivity index (χ3v) is 8.80. The zero-order valence-electron chi connectivity index (χ0n) is 18.1. The van der Waals surface area contributed by atoms with Crippen molar-refractivity contribution in [3.8, 4) is 11.5 Å². The molecule has 2 heterocycles. The summed E-state index contributed by atoms with van der Waals surface area (Å²) >= 11 is 10.9. The van der Waals surface area contributed by atoms with Gasteiger partial charge in [-0.25, -0.2) is 5.01 Å². The molecule has 0 unspecified atom stereocenters. The Kier molecular flexibility index (Phi) is 6.27. The minimum absolute atomic E-state index is 0.137. The van der Waals surface area contributed by atoms with Crippen LogP contribution in [0.5, 0.6) is 11.5 Å². The largest absolute Gasteiger partial charge is 0.454 e. The fraction of sp³-hybridized carbons (Fsp3) is 0.286. The lowest BCUT2D eigenvalue weighted by Crippen LogP contribution is -2.53. The van der Waals surface area contributed by atoms with E-state index >= 15 is 0 Å². The van der Waals surface area contributed by atoms with Crippen LogP contribution in [0.4, 0.5) is 0 Å². The number of carbonyl (C=O) groups is 1. The molecule has 174 valence electrons. The van der Waals surface area contributed by atoms with Gasteiger partial charge in [-0.3, -0.25) is 15.2 Å². The van der Waals surface area contributed by atoms with Crippen molar-refractivity contribution in [2.24, 2.45) is 0 Å². The number of thiocarbonyl (C=S) groups is 2. The highest BCUT2D eigenvalue weighted by Gasteiger charge is 2.60. The molecular formula is C21H23N4O5S3+. The quantitative estimate of drug-likeness (QED) is 0.270. The Morgan fingerprint density at radius 3 is 2.33 bits per heavy atom. The van der Waals surface area contributed by atoms with Crippen LogP contribution in [0.15, 0.2) is 48.5 Å². The van der Waals surface area contributed by atoms with Crippen LogP contribution in [-0.4, -0.2) is 78.0 Å². The molecule has 0 aromatic heterocycles. The second-order valence-corrected chi connectivity index (χ2v) is 10.6. The summed E-state index contributed by atoms with van der Waals surface area (Å²) in [6.07, 6.45) is 0. The highest BCUT2D eigenvalue weighted by molar-refractivity contribution is 7.86. The van der Waals surface area contributed by atoms with E-state index in [0.717, 1.165) is 5.56 Å². The SMILES string of the molecule is CN(NC(=O)CS(=O)(=O)[N+]1(N(C)C(=S)c2ccccc2)CC1)C(=S)c1ccc2c(c1)OCO2. The Morgan fingerprint density at radius 2 is 1.67 bits per heavy atom. The summed E-state index contributed by atoms with van der Waals surface area (Å²) in [5, 5.41) is 2.85. The van der Waals surface area contributed by atoms with Crippen molar-refractivity contribution in [3.05, 3.63) is 59.7 Å². The van der Waals surface area contributed by atoms with E-state index in [1.54, 1.807) is 32.3 Å². The number of quaternary nitrogens is 1. The highest BCUT2D eigenvalue weighted by atomic mass is 32.2. The van der Waals surface area contributed by atoms with E-state index in [-0.39, 0.29) is 10.8 Å². The Bertz CT molecular complexity index is 1220. The van der Waals surface area contributed by atoms with Crippen LogP contribution in [0, 0.1) is 0 Å². The third kappa shape index (κ3) is 4.51. The van der Waals surface area contributed by atoms with Gasteiger partial charge >= 0.3 is 10.0 Å². The summed E-state index contributed by atoms with van der Waals surface area (Å²) in [7, 11) is -0.698. The number of amides is 1. The van der Waals surface area contributed by atoms with E-state index in [9.17, 15) is 13.2 Å². The Balaban J connectivity index is 1.41. The van der Waals surface area contributed by atoms with Crippen LogP contribution in [0.1, 0.15) is 11.1 Å². The van der Waals surface area contributed by atoms with Gasteiger partial charge in [0.2, 0.25) is 6.79 Å². The molecule has 9 nitrogen and oxygen atoms in total. The number of sulfonamides is 1. The molecule has 1 N–H and O–H groups in total. The van der Waals surface area contributed by atoms with Gasteiger partial charge in [0.05, 0.1) is 7.05 Å². The molecule has 0 aliphatic carbocycles. The second-order valence-electron chi connectivity index (χ2n) is 7.68. The maximum atomic E-state index is 13.2. The van der Waals surface area contributed by atoms with Crippen molar-refractivity contribution >= 4 is 50.3 Å². The predicted octanol–water partition coefficient (Wildman–Crippen LogP) is 1.44. The number of nitrogens with one attached hydrogen (secondary N) is 1. The summed E-state index contributed by atoms with van der Waals surface area (Å²) < 4.78 is 36.6. The molecule has 0 bridgehead atoms. The van der Waals surface area contributed by atoms with Crippen LogP contribution in [-0.2, 0) is 14.8 Å². The minimum Gasteiger partial charge on any atom is -0.454 e. The predicted molar refractivity (Wildman–Crippen MR) is 130 cm³/mol. The third-order valence-electron chi connectivity index (χ3n) is 5.52. The second kappa shape index (κ2) is 8.86. The topological polar surface area (TPSA) is 88.2 Å². The maximum absolute atomic E-state index is 13.2. The summed E-state index contributed by atoms with van der Waals surface area (Å²) in [5.41, 5.74) is 3.91. The fourth-order valence-corrected chi connectivity index (χ4v) is 5.81. The minimum atomic E-state index is -3.89. The molecule has 2 aliphatic heterocycles. The summed E-state index contributed by atoms with van der Waals surface area (Å²) in [6, 6.07) is 14.4. The van der Waals surface area contributed by atoms with E-state index in [1.807, 2.05) is 30.3 Å². The van der Waals surface area contributed by atoms with Crippen LogP contribution >= 0.6 is 24.4 Å². The Labute approximate surface area is 203 Å². The Hall–Kier alpha value is -2.80. The smallest absolute Gasteiger partial charge is 0.329 e. The van der Waals surface area contributed by atoms with Crippen molar-refractivity contribution in [1.29, 1.82) is 0 Å². The van der Waals surface area contributed by atoms with Crippen molar-refractivity contribution in [3.63, 3.8) is 0 Å². The molecule has 0 saturated carbocycles. The van der Waals surface area contributed by atoms with Crippen LogP contribution < -0.4 is 14.9 Å². The molecule has 2 aromatic carbocycles. The average Bonchev–Trinajstić information content (AvgIpc) is 3.50. The number of ether oxygens (including phenoxy) is 2. The Morgan fingerprint density at radius 1 is 1.00 bits per heavy atom. The lowest BCUT2D eigenvalue weighted by Gasteiger charge is -2.29. The first-order valence-corrected chi connectivity index (χ1v) is 12.5. The van der Waals surface area contributed by atoms with Crippen molar-refractivity contribution in [2.75, 3.05) is 39.7 Å².